The van der Waals surface area contributed by atoms with E-state index in [0.29, 0.717) is 29.7 Å². The zero-order valence-electron chi connectivity index (χ0n) is 21.0. The lowest BCUT2D eigenvalue weighted by atomic mass is 10.0. The van der Waals surface area contributed by atoms with Crippen LogP contribution in [-0.2, 0) is 15.3 Å². The predicted octanol–water partition coefficient (Wildman–Crippen LogP) is 5.15. The first-order chi connectivity index (χ1) is 16.4. The van der Waals surface area contributed by atoms with Gasteiger partial charge in [0.1, 0.15) is 11.5 Å². The van der Waals surface area contributed by atoms with Crippen LogP contribution in [0.3, 0.4) is 0 Å². The van der Waals surface area contributed by atoms with E-state index in [9.17, 15) is 9.59 Å². The summed E-state index contributed by atoms with van der Waals surface area (Å²) in [6.45, 7) is 8.88. The lowest BCUT2D eigenvalue weighted by Gasteiger charge is -2.25. The Bertz CT molecular complexity index is 854. The number of benzene rings is 1. The Hall–Kier alpha value is -2.25. The molecule has 6 nitrogen and oxygen atoms in total. The van der Waals surface area contributed by atoms with E-state index in [-0.39, 0.29) is 30.4 Å². The van der Waals surface area contributed by atoms with Crippen LogP contribution >= 0.6 is 11.8 Å². The van der Waals surface area contributed by atoms with Gasteiger partial charge in [-0.05, 0) is 49.4 Å². The normalized spacial score (nSPS) is 13.0. The molecule has 2 N–H and O–H groups in total. The third kappa shape index (κ3) is 10.8. The lowest BCUT2D eigenvalue weighted by Crippen LogP contribution is -2.49. The maximum absolute atomic E-state index is 12.9. The van der Waals surface area contributed by atoms with Gasteiger partial charge in [-0.1, -0.05) is 51.8 Å². The van der Waals surface area contributed by atoms with Crippen LogP contribution < -0.4 is 15.4 Å². The molecule has 2 rings (SSSR count). The van der Waals surface area contributed by atoms with Crippen molar-refractivity contribution < 1.29 is 18.7 Å². The number of unbranched alkanes of at least 4 members (excludes halogenated alkanes) is 1. The minimum absolute atomic E-state index is 0.0267. The smallest absolute Gasteiger partial charge is 0.258 e. The minimum atomic E-state index is -0.209. The van der Waals surface area contributed by atoms with Crippen molar-refractivity contribution >= 4 is 23.5 Å². The van der Waals surface area contributed by atoms with Crippen LogP contribution in [-0.4, -0.2) is 42.7 Å². The van der Waals surface area contributed by atoms with Gasteiger partial charge < -0.3 is 19.8 Å². The molecule has 0 radical (unpaired) electrons. The number of hydrogen-bond donors (Lipinski definition) is 2. The predicted molar refractivity (Wildman–Crippen MR) is 139 cm³/mol. The van der Waals surface area contributed by atoms with Crippen molar-refractivity contribution in [1.29, 1.82) is 0 Å². The highest BCUT2D eigenvalue weighted by Gasteiger charge is 2.21. The summed E-state index contributed by atoms with van der Waals surface area (Å²) in [5.41, 5.74) is 0.998. The van der Waals surface area contributed by atoms with Crippen LogP contribution in [0.4, 0.5) is 0 Å². The molecule has 1 aromatic carbocycles. The van der Waals surface area contributed by atoms with Crippen LogP contribution in [0.1, 0.15) is 57.8 Å². The molecule has 0 aliphatic heterocycles. The van der Waals surface area contributed by atoms with Crippen LogP contribution in [0.2, 0.25) is 0 Å². The fraction of sp³-hybridized carbons (Fsp3) is 0.556. The summed E-state index contributed by atoms with van der Waals surface area (Å²) in [7, 11) is 0. The second-order valence-corrected chi connectivity index (χ2v) is 10.1. The Morgan fingerprint density at radius 3 is 2.62 bits per heavy atom. The molecule has 0 fully saturated rings. The Labute approximate surface area is 208 Å². The minimum Gasteiger partial charge on any atom is -0.484 e. The summed E-state index contributed by atoms with van der Waals surface area (Å²) in [5.74, 6) is 3.18. The summed E-state index contributed by atoms with van der Waals surface area (Å²) in [5, 5.41) is 6.54. The monoisotopic (exact) mass is 488 g/mol. The highest BCUT2D eigenvalue weighted by atomic mass is 32.2. The number of amides is 1. The molecular formula is C27H40N2O4S. The number of carbonyl (C=O) groups excluding carboxylic acids is 2. The van der Waals surface area contributed by atoms with Gasteiger partial charge in [-0.3, -0.25) is 9.59 Å². The Kier molecular flexibility index (Phi) is 12.9. The topological polar surface area (TPSA) is 80.6 Å². The standard InChI is InChI=1S/C27H40N2O4S/c1-5-6-12-24(25(30)19-34-18-23-11-9-14-32-23)28-16-22(15-20(2)3)29-27(31)17-33-26-13-8-7-10-21(26)4/h7-11,13-14,20,22,24,28H,5-6,12,15-19H2,1-4H3,(H,29,31). The van der Waals surface area contributed by atoms with Gasteiger partial charge in [-0.25, -0.2) is 0 Å². The molecule has 0 bridgehead atoms. The number of thioether (sulfide) groups is 1. The van der Waals surface area contributed by atoms with Gasteiger partial charge in [-0.2, -0.15) is 0 Å². The summed E-state index contributed by atoms with van der Waals surface area (Å²) < 4.78 is 11.0. The molecule has 34 heavy (non-hydrogen) atoms. The molecule has 188 valence electrons. The van der Waals surface area contributed by atoms with Crippen molar-refractivity contribution in [2.24, 2.45) is 5.92 Å². The quantitative estimate of drug-likeness (QED) is 0.321. The first kappa shape index (κ1) is 28.0. The van der Waals surface area contributed by atoms with E-state index < -0.39 is 0 Å². The largest absolute Gasteiger partial charge is 0.484 e. The lowest BCUT2D eigenvalue weighted by molar-refractivity contribution is -0.123. The van der Waals surface area contributed by atoms with Crippen LogP contribution in [0, 0.1) is 12.8 Å². The number of ketones is 1. The number of Topliss-reactive ketones (excluding diaryl/α,β-unsaturated/α-hetero) is 1. The second-order valence-electron chi connectivity index (χ2n) is 9.09. The molecule has 1 aromatic heterocycles. The maximum Gasteiger partial charge on any atom is 0.258 e. The molecule has 0 spiro atoms. The van der Waals surface area contributed by atoms with Crippen LogP contribution in [0.5, 0.6) is 5.75 Å². The average Bonchev–Trinajstić information content (AvgIpc) is 3.31. The average molecular weight is 489 g/mol. The molecule has 0 saturated heterocycles. The summed E-state index contributed by atoms with van der Waals surface area (Å²) >= 11 is 1.57. The van der Waals surface area contributed by atoms with Crippen molar-refractivity contribution in [3.05, 3.63) is 54.0 Å². The molecule has 0 saturated carbocycles. The molecule has 0 aliphatic carbocycles. The fourth-order valence-electron chi connectivity index (χ4n) is 3.71. The number of para-hydroxylation sites is 1. The van der Waals surface area contributed by atoms with E-state index in [0.717, 1.165) is 37.0 Å². The van der Waals surface area contributed by atoms with E-state index in [1.54, 1.807) is 18.0 Å². The number of nitrogens with one attached hydrogen (secondary N) is 2. The Morgan fingerprint density at radius 2 is 1.94 bits per heavy atom. The van der Waals surface area contributed by atoms with Gasteiger partial charge in [0.2, 0.25) is 0 Å². The highest BCUT2D eigenvalue weighted by Crippen LogP contribution is 2.16. The Balaban J connectivity index is 1.86. The van der Waals surface area contributed by atoms with Crippen LogP contribution in [0.25, 0.3) is 0 Å². The van der Waals surface area contributed by atoms with Gasteiger partial charge in [0.25, 0.3) is 5.91 Å². The van der Waals surface area contributed by atoms with Crippen molar-refractivity contribution in [3.8, 4) is 5.75 Å². The van der Waals surface area contributed by atoms with Gasteiger partial charge in [0, 0.05) is 12.6 Å². The number of rotatable bonds is 17. The highest BCUT2D eigenvalue weighted by molar-refractivity contribution is 7.99. The molecule has 1 heterocycles. The van der Waals surface area contributed by atoms with E-state index >= 15 is 0 Å². The SMILES string of the molecule is CCCCC(NCC(CC(C)C)NC(=O)COc1ccccc1C)C(=O)CSCc1ccco1. The molecule has 1 amide bonds. The fourth-order valence-corrected chi connectivity index (χ4v) is 4.58. The molecule has 2 aromatic rings. The van der Waals surface area contributed by atoms with Crippen molar-refractivity contribution in [3.63, 3.8) is 0 Å². The molecule has 0 aliphatic rings. The number of aryl methyl sites for hydroxylation is 1. The molecule has 7 heteroatoms. The van der Waals surface area contributed by atoms with E-state index in [2.05, 4.69) is 31.4 Å². The zero-order valence-corrected chi connectivity index (χ0v) is 21.8. The third-order valence-electron chi connectivity index (χ3n) is 5.49. The molecule has 2 atom stereocenters. The number of furan rings is 1. The van der Waals surface area contributed by atoms with Gasteiger partial charge in [0.05, 0.1) is 23.8 Å². The summed E-state index contributed by atoms with van der Waals surface area (Å²) in [6, 6.07) is 11.2. The first-order valence-electron chi connectivity index (χ1n) is 12.2. The summed E-state index contributed by atoms with van der Waals surface area (Å²) in [6.07, 6.45) is 5.30. The van der Waals surface area contributed by atoms with Gasteiger partial charge in [-0.15, -0.1) is 11.8 Å². The van der Waals surface area contributed by atoms with Crippen molar-refractivity contribution in [2.75, 3.05) is 18.9 Å². The molecular weight excluding hydrogens is 448 g/mol. The third-order valence-corrected chi connectivity index (χ3v) is 6.47. The zero-order chi connectivity index (χ0) is 24.8. The second kappa shape index (κ2) is 15.6. The van der Waals surface area contributed by atoms with Gasteiger partial charge in [0.15, 0.2) is 12.4 Å². The summed E-state index contributed by atoms with van der Waals surface area (Å²) in [4.78, 5) is 25.5. The number of hydrogen-bond acceptors (Lipinski definition) is 6. The van der Waals surface area contributed by atoms with Crippen LogP contribution in [0.15, 0.2) is 47.1 Å². The maximum atomic E-state index is 12.9. The number of carbonyl (C=O) groups is 2. The first-order valence-corrected chi connectivity index (χ1v) is 13.4. The van der Waals surface area contributed by atoms with E-state index in [1.165, 1.54) is 0 Å². The Morgan fingerprint density at radius 1 is 1.15 bits per heavy atom. The van der Waals surface area contributed by atoms with Crippen molar-refractivity contribution in [2.45, 2.75) is 71.2 Å². The van der Waals surface area contributed by atoms with E-state index in [4.69, 9.17) is 9.15 Å². The van der Waals surface area contributed by atoms with Gasteiger partial charge >= 0.3 is 0 Å². The van der Waals surface area contributed by atoms with E-state index in [1.807, 2.05) is 43.3 Å². The molecule has 2 unspecified atom stereocenters. The van der Waals surface area contributed by atoms with Crippen molar-refractivity contribution in [1.82, 2.24) is 10.6 Å². The number of ether oxygens (including phenoxy) is 1.